The van der Waals surface area contributed by atoms with E-state index in [-0.39, 0.29) is 5.56 Å². The van der Waals surface area contributed by atoms with Crippen LogP contribution in [0.3, 0.4) is 0 Å². The van der Waals surface area contributed by atoms with Gasteiger partial charge in [-0.2, -0.15) is 13.8 Å². The lowest BCUT2D eigenvalue weighted by Crippen LogP contribution is -2.51. The Kier molecular flexibility index (Phi) is 5.64. The van der Waals surface area contributed by atoms with E-state index in [4.69, 9.17) is 0 Å². The second-order valence-corrected chi connectivity index (χ2v) is 14.2. The number of hydrogen-bond acceptors (Lipinski definition) is 1. The van der Waals surface area contributed by atoms with Crippen LogP contribution in [-0.2, 0) is 0 Å². The maximum absolute atomic E-state index is 14.6. The van der Waals surface area contributed by atoms with Crippen LogP contribution in [0.1, 0.15) is 41.5 Å². The fourth-order valence-electron chi connectivity index (χ4n) is 5.26. The molecule has 1 aromatic carbocycles. The van der Waals surface area contributed by atoms with Gasteiger partial charge in [0.05, 0.1) is 5.56 Å². The van der Waals surface area contributed by atoms with Crippen LogP contribution in [0.25, 0.3) is 22.0 Å². The highest BCUT2D eigenvalue weighted by Gasteiger charge is 2.46. The minimum Gasteiger partial charge on any atom is -0.373 e. The van der Waals surface area contributed by atoms with Crippen molar-refractivity contribution in [3.8, 4) is 11.1 Å². The molecule has 0 amide bonds. The summed E-state index contributed by atoms with van der Waals surface area (Å²) in [5, 5.41) is 0.564. The third-order valence-corrected chi connectivity index (χ3v) is 12.9. The Morgan fingerprint density at radius 2 is 1.28 bits per heavy atom. The van der Waals surface area contributed by atoms with Crippen LogP contribution in [0.5, 0.6) is 0 Å². The van der Waals surface area contributed by atoms with E-state index in [1.165, 1.54) is 0 Å². The van der Waals surface area contributed by atoms with Gasteiger partial charge < -0.3 is 4.23 Å². The Bertz CT molecular complexity index is 1010. The Labute approximate surface area is 169 Å². The number of benzene rings is 1. The Morgan fingerprint density at radius 3 is 1.76 bits per heavy atom. The molecule has 3 aromatic rings. The highest BCUT2D eigenvalue weighted by atomic mass is 28.3. The minimum absolute atomic E-state index is 0.148. The molecule has 0 unspecified atom stereocenters. The van der Waals surface area contributed by atoms with Crippen molar-refractivity contribution < 1.29 is 17.6 Å². The van der Waals surface area contributed by atoms with Crippen LogP contribution in [0, 0.1) is 23.5 Å². The number of rotatable bonds is 5. The molecule has 0 N–H and O–H groups in total. The predicted molar refractivity (Wildman–Crippen MR) is 111 cm³/mol. The van der Waals surface area contributed by atoms with E-state index < -0.39 is 37.3 Å². The van der Waals surface area contributed by atoms with Crippen molar-refractivity contribution in [3.05, 3.63) is 54.0 Å². The van der Waals surface area contributed by atoms with E-state index in [1.807, 2.05) is 12.1 Å². The summed E-state index contributed by atoms with van der Waals surface area (Å²) in [6.07, 6.45) is 1.69. The summed E-state index contributed by atoms with van der Waals surface area (Å²) in [6.45, 7) is 13.0. The van der Waals surface area contributed by atoms with Crippen LogP contribution in [0.15, 0.2) is 30.5 Å². The van der Waals surface area contributed by atoms with Gasteiger partial charge in [-0.1, -0.05) is 59.7 Å². The predicted octanol–water partition coefficient (Wildman–Crippen LogP) is 7.28. The van der Waals surface area contributed by atoms with Gasteiger partial charge in [0.2, 0.25) is 0 Å². The lowest BCUT2D eigenvalue weighted by molar-refractivity contribution is 0.410. The standard InChI is InChI=1S/C22H26F4N2Si/c1-12(2)29(13(3)4,14(5)6)28-11-16(15-9-7-8-10-17(15)28)18-19(23)21(25)27-22(26)20(18)24/h7-14H,1-6H3. The monoisotopic (exact) mass is 422 g/mol. The molecule has 0 fully saturated rings. The summed E-state index contributed by atoms with van der Waals surface area (Å²) < 4.78 is 59.0. The summed E-state index contributed by atoms with van der Waals surface area (Å²) in [6, 6.07) is 7.25. The maximum Gasteiger partial charge on any atom is 0.252 e. The van der Waals surface area contributed by atoms with Crippen molar-refractivity contribution in [1.29, 1.82) is 0 Å². The van der Waals surface area contributed by atoms with Gasteiger partial charge in [-0.05, 0) is 22.7 Å². The molecule has 0 spiro atoms. The largest absolute Gasteiger partial charge is 0.373 e. The van der Waals surface area contributed by atoms with Gasteiger partial charge in [0, 0.05) is 22.7 Å². The zero-order chi connectivity index (χ0) is 21.7. The van der Waals surface area contributed by atoms with Gasteiger partial charge in [0.25, 0.3) is 11.9 Å². The molecule has 0 saturated carbocycles. The minimum atomic E-state index is -2.27. The molecule has 0 aliphatic heterocycles. The van der Waals surface area contributed by atoms with E-state index in [0.29, 0.717) is 22.0 Å². The van der Waals surface area contributed by atoms with Crippen molar-refractivity contribution in [1.82, 2.24) is 9.22 Å². The second kappa shape index (κ2) is 7.59. The van der Waals surface area contributed by atoms with Gasteiger partial charge in [-0.3, -0.25) is 0 Å². The zero-order valence-electron chi connectivity index (χ0n) is 17.5. The molecule has 0 atom stereocenters. The number of aromatic nitrogens is 2. The Balaban J connectivity index is 2.48. The highest BCUT2D eigenvalue weighted by Crippen LogP contribution is 2.46. The maximum atomic E-state index is 14.6. The lowest BCUT2D eigenvalue weighted by Gasteiger charge is -2.44. The Hall–Kier alpha value is -2.15. The van der Waals surface area contributed by atoms with Crippen LogP contribution < -0.4 is 0 Å². The number of halogens is 4. The first kappa shape index (κ1) is 21.6. The van der Waals surface area contributed by atoms with Gasteiger partial charge in [0.15, 0.2) is 19.9 Å². The number of hydrogen-bond donors (Lipinski definition) is 0. The van der Waals surface area contributed by atoms with Crippen LogP contribution in [0.2, 0.25) is 16.6 Å². The third kappa shape index (κ3) is 3.10. The molecule has 2 aromatic heterocycles. The molecule has 0 saturated heterocycles. The van der Waals surface area contributed by atoms with Gasteiger partial charge >= 0.3 is 0 Å². The fraction of sp³-hybridized carbons (Fsp3) is 0.409. The average molecular weight is 423 g/mol. The molecule has 0 bridgehead atoms. The summed E-state index contributed by atoms with van der Waals surface area (Å²) in [7, 11) is -2.27. The van der Waals surface area contributed by atoms with E-state index >= 15 is 0 Å². The molecule has 2 nitrogen and oxygen atoms in total. The van der Waals surface area contributed by atoms with Crippen molar-refractivity contribution in [3.63, 3.8) is 0 Å². The Morgan fingerprint density at radius 1 is 0.793 bits per heavy atom. The summed E-state index contributed by atoms with van der Waals surface area (Å²) in [5.74, 6) is -6.23. The molecule has 0 aliphatic carbocycles. The molecule has 2 heterocycles. The number of para-hydroxylation sites is 1. The molecule has 3 rings (SSSR count). The molecule has 156 valence electrons. The number of fused-ring (bicyclic) bond motifs is 1. The molecular formula is C22H26F4N2Si. The van der Waals surface area contributed by atoms with Crippen LogP contribution >= 0.6 is 0 Å². The molecule has 0 aliphatic rings. The smallest absolute Gasteiger partial charge is 0.252 e. The lowest BCUT2D eigenvalue weighted by atomic mass is 10.0. The normalized spacial score (nSPS) is 12.7. The quantitative estimate of drug-likeness (QED) is 0.240. The molecule has 7 heteroatoms. The first-order valence-electron chi connectivity index (χ1n) is 9.85. The topological polar surface area (TPSA) is 17.8 Å². The SMILES string of the molecule is CC(C)[Si](C(C)C)(C(C)C)n1cc(-c2c(F)c(F)nc(F)c2F)c2ccccc21. The summed E-state index contributed by atoms with van der Waals surface area (Å²) in [4.78, 5) is 2.70. The fourth-order valence-corrected chi connectivity index (χ4v) is 11.9. The van der Waals surface area contributed by atoms with Gasteiger partial charge in [-0.25, -0.2) is 8.78 Å². The van der Waals surface area contributed by atoms with Gasteiger partial charge in [-0.15, -0.1) is 0 Å². The van der Waals surface area contributed by atoms with E-state index in [1.54, 1.807) is 18.3 Å². The van der Waals surface area contributed by atoms with E-state index in [9.17, 15) is 17.6 Å². The highest BCUT2D eigenvalue weighted by molar-refractivity contribution is 6.82. The second-order valence-electron chi connectivity index (χ2n) is 8.48. The third-order valence-electron chi connectivity index (χ3n) is 6.17. The summed E-state index contributed by atoms with van der Waals surface area (Å²) in [5.41, 5.74) is 1.24. The number of nitrogens with zero attached hydrogens (tertiary/aromatic N) is 2. The van der Waals surface area contributed by atoms with E-state index in [0.717, 1.165) is 5.52 Å². The molecular weight excluding hydrogens is 396 g/mol. The van der Waals surface area contributed by atoms with Crippen molar-refractivity contribution >= 4 is 19.1 Å². The number of pyridine rings is 1. The van der Waals surface area contributed by atoms with Crippen molar-refractivity contribution in [2.45, 2.75) is 58.2 Å². The van der Waals surface area contributed by atoms with Crippen molar-refractivity contribution in [2.24, 2.45) is 0 Å². The summed E-state index contributed by atoms with van der Waals surface area (Å²) >= 11 is 0. The zero-order valence-corrected chi connectivity index (χ0v) is 18.5. The van der Waals surface area contributed by atoms with Gasteiger partial charge in [0.1, 0.15) is 0 Å². The van der Waals surface area contributed by atoms with E-state index in [2.05, 4.69) is 50.8 Å². The average Bonchev–Trinajstić information content (AvgIpc) is 3.00. The van der Waals surface area contributed by atoms with Crippen LogP contribution in [-0.4, -0.2) is 17.5 Å². The first-order valence-corrected chi connectivity index (χ1v) is 12.0. The van der Waals surface area contributed by atoms with Crippen LogP contribution in [0.4, 0.5) is 17.6 Å². The molecule has 29 heavy (non-hydrogen) atoms. The van der Waals surface area contributed by atoms with Crippen molar-refractivity contribution in [2.75, 3.05) is 0 Å². The first-order chi connectivity index (χ1) is 13.5. The molecule has 0 radical (unpaired) electrons.